The molecule has 0 saturated carbocycles. The Labute approximate surface area is 195 Å². The fourth-order valence-electron chi connectivity index (χ4n) is 4.52. The lowest BCUT2D eigenvalue weighted by Crippen LogP contribution is -2.42. The predicted octanol–water partition coefficient (Wildman–Crippen LogP) is 3.89. The Balaban J connectivity index is 1.54. The van der Waals surface area contributed by atoms with E-state index in [9.17, 15) is 14.3 Å². The molecule has 176 valence electrons. The Morgan fingerprint density at radius 2 is 2.18 bits per heavy atom. The van der Waals surface area contributed by atoms with Crippen LogP contribution in [0.15, 0.2) is 42.6 Å². The SMILES string of the molecule is CCOc1cc2nc(-c3nnc4ccc(C(C)N(C(=O)O)[C@H]5CCNC5)cn34)ccc2cc1F. The molecule has 1 aromatic carbocycles. The van der Waals surface area contributed by atoms with Gasteiger partial charge in [-0.1, -0.05) is 12.1 Å². The molecule has 1 aliphatic rings. The van der Waals surface area contributed by atoms with E-state index < -0.39 is 11.9 Å². The molecule has 1 amide bonds. The molecule has 2 N–H and O–H groups in total. The molecule has 4 heterocycles. The highest BCUT2D eigenvalue weighted by Crippen LogP contribution is 2.29. The van der Waals surface area contributed by atoms with Crippen molar-refractivity contribution in [3.63, 3.8) is 0 Å². The van der Waals surface area contributed by atoms with Crippen molar-refractivity contribution >= 4 is 22.6 Å². The summed E-state index contributed by atoms with van der Waals surface area (Å²) in [6.45, 7) is 5.47. The molecule has 0 spiro atoms. The third-order valence-corrected chi connectivity index (χ3v) is 6.25. The van der Waals surface area contributed by atoms with Crippen molar-refractivity contribution in [2.24, 2.45) is 0 Å². The van der Waals surface area contributed by atoms with Gasteiger partial charge in [0.1, 0.15) is 5.69 Å². The minimum absolute atomic E-state index is 0.0781. The number of hydrogen-bond acceptors (Lipinski definition) is 6. The van der Waals surface area contributed by atoms with Crippen LogP contribution in [0.5, 0.6) is 5.75 Å². The van der Waals surface area contributed by atoms with Crippen molar-refractivity contribution in [3.8, 4) is 17.3 Å². The fraction of sp³-hybridized carbons (Fsp3) is 0.333. The van der Waals surface area contributed by atoms with Gasteiger partial charge in [-0.05, 0) is 50.6 Å². The molecule has 0 aliphatic carbocycles. The Morgan fingerprint density at radius 3 is 2.91 bits per heavy atom. The zero-order valence-corrected chi connectivity index (χ0v) is 18.9. The summed E-state index contributed by atoms with van der Waals surface area (Å²) < 4.78 is 21.4. The largest absolute Gasteiger partial charge is 0.491 e. The summed E-state index contributed by atoms with van der Waals surface area (Å²) in [6, 6.07) is 9.78. The van der Waals surface area contributed by atoms with Gasteiger partial charge in [0.25, 0.3) is 0 Å². The molecule has 1 saturated heterocycles. The molecule has 2 atom stereocenters. The van der Waals surface area contributed by atoms with Crippen molar-refractivity contribution in [1.29, 1.82) is 0 Å². The van der Waals surface area contributed by atoms with Crippen LogP contribution in [0.2, 0.25) is 0 Å². The highest BCUT2D eigenvalue weighted by molar-refractivity contribution is 5.82. The Hall–Kier alpha value is -3.79. The van der Waals surface area contributed by atoms with Crippen molar-refractivity contribution < 1.29 is 19.0 Å². The second-order valence-electron chi connectivity index (χ2n) is 8.33. The molecule has 9 nitrogen and oxygen atoms in total. The van der Waals surface area contributed by atoms with Crippen LogP contribution in [0, 0.1) is 5.82 Å². The molecule has 5 rings (SSSR count). The molecule has 4 aromatic rings. The highest BCUT2D eigenvalue weighted by Gasteiger charge is 2.31. The summed E-state index contributed by atoms with van der Waals surface area (Å²) in [5, 5.41) is 22.3. The van der Waals surface area contributed by atoms with Crippen molar-refractivity contribution in [2.75, 3.05) is 19.7 Å². The van der Waals surface area contributed by atoms with E-state index in [-0.39, 0.29) is 17.8 Å². The second-order valence-corrected chi connectivity index (χ2v) is 8.33. The first-order chi connectivity index (χ1) is 16.5. The van der Waals surface area contributed by atoms with Gasteiger partial charge < -0.3 is 15.2 Å². The number of carboxylic acid groups (broad SMARTS) is 1. The van der Waals surface area contributed by atoms with E-state index in [1.165, 1.54) is 11.0 Å². The number of nitrogens with zero attached hydrogens (tertiary/aromatic N) is 5. The maximum atomic E-state index is 14.2. The molecule has 1 aliphatic heterocycles. The van der Waals surface area contributed by atoms with Gasteiger partial charge in [-0.3, -0.25) is 9.30 Å². The molecule has 3 aromatic heterocycles. The summed E-state index contributed by atoms with van der Waals surface area (Å²) >= 11 is 0. The van der Waals surface area contributed by atoms with E-state index in [0.717, 1.165) is 18.5 Å². The lowest BCUT2D eigenvalue weighted by Gasteiger charge is -2.31. The predicted molar refractivity (Wildman–Crippen MR) is 124 cm³/mol. The lowest BCUT2D eigenvalue weighted by atomic mass is 10.1. The third-order valence-electron chi connectivity index (χ3n) is 6.25. The minimum atomic E-state index is -0.946. The number of pyridine rings is 2. The molecule has 0 bridgehead atoms. The number of halogens is 1. The van der Waals surface area contributed by atoms with Crippen LogP contribution in [-0.2, 0) is 0 Å². The first-order valence-corrected chi connectivity index (χ1v) is 11.3. The topological polar surface area (TPSA) is 105 Å². The minimum Gasteiger partial charge on any atom is -0.491 e. The zero-order valence-electron chi connectivity index (χ0n) is 18.9. The van der Waals surface area contributed by atoms with E-state index in [1.807, 2.05) is 25.3 Å². The third kappa shape index (κ3) is 3.90. The average Bonchev–Trinajstić information content (AvgIpc) is 3.49. The second kappa shape index (κ2) is 8.86. The number of carbonyl (C=O) groups is 1. The van der Waals surface area contributed by atoms with Gasteiger partial charge in [0, 0.05) is 30.2 Å². The fourth-order valence-corrected chi connectivity index (χ4v) is 4.52. The number of benzene rings is 1. The maximum absolute atomic E-state index is 14.2. The van der Waals surface area contributed by atoms with Gasteiger partial charge in [0.2, 0.25) is 0 Å². The molecule has 1 unspecified atom stereocenters. The molecule has 34 heavy (non-hydrogen) atoms. The molecule has 1 fully saturated rings. The number of aromatic nitrogens is 4. The van der Waals surface area contributed by atoms with E-state index in [4.69, 9.17) is 4.74 Å². The maximum Gasteiger partial charge on any atom is 0.408 e. The van der Waals surface area contributed by atoms with Gasteiger partial charge in [-0.15, -0.1) is 10.2 Å². The summed E-state index contributed by atoms with van der Waals surface area (Å²) in [4.78, 5) is 18.2. The van der Waals surface area contributed by atoms with Crippen LogP contribution in [0.1, 0.15) is 31.9 Å². The zero-order chi connectivity index (χ0) is 23.8. The Kier molecular flexibility index (Phi) is 5.74. The summed E-state index contributed by atoms with van der Waals surface area (Å²) in [5.74, 6) is 0.227. The normalized spacial score (nSPS) is 16.7. The van der Waals surface area contributed by atoms with E-state index >= 15 is 0 Å². The van der Waals surface area contributed by atoms with Gasteiger partial charge in [-0.2, -0.15) is 0 Å². The molecular weight excluding hydrogens is 439 g/mol. The number of rotatable bonds is 6. The number of hydrogen-bond donors (Lipinski definition) is 2. The van der Waals surface area contributed by atoms with E-state index in [1.54, 1.807) is 29.5 Å². The van der Waals surface area contributed by atoms with E-state index in [0.29, 0.717) is 41.2 Å². The van der Waals surface area contributed by atoms with Crippen LogP contribution in [0.25, 0.3) is 28.1 Å². The van der Waals surface area contributed by atoms with Gasteiger partial charge in [0.05, 0.1) is 18.2 Å². The smallest absolute Gasteiger partial charge is 0.408 e. The monoisotopic (exact) mass is 464 g/mol. The molecular formula is C24H25FN6O3. The van der Waals surface area contributed by atoms with Crippen molar-refractivity contribution in [2.45, 2.75) is 32.4 Å². The highest BCUT2D eigenvalue weighted by atomic mass is 19.1. The Bertz CT molecular complexity index is 1370. The van der Waals surface area contributed by atoms with Crippen molar-refractivity contribution in [1.82, 2.24) is 29.8 Å². The van der Waals surface area contributed by atoms with Gasteiger partial charge >= 0.3 is 6.09 Å². The average molecular weight is 465 g/mol. The Morgan fingerprint density at radius 1 is 1.32 bits per heavy atom. The number of ether oxygens (including phenoxy) is 1. The van der Waals surface area contributed by atoms with Crippen LogP contribution >= 0.6 is 0 Å². The van der Waals surface area contributed by atoms with Crippen LogP contribution < -0.4 is 10.1 Å². The van der Waals surface area contributed by atoms with Crippen LogP contribution in [0.4, 0.5) is 9.18 Å². The first-order valence-electron chi connectivity index (χ1n) is 11.3. The standard InChI is InChI=1S/C24H25FN6O3/c1-3-34-21-11-20-15(10-18(21)25)4-6-19(27-20)23-29-28-22-7-5-16(13-30(22)23)14(2)31(24(32)33)17-8-9-26-12-17/h4-7,10-11,13-14,17,26H,3,8-9,12H2,1-2H3,(H,32,33)/t14?,17-/m0/s1. The lowest BCUT2D eigenvalue weighted by molar-refractivity contribution is 0.107. The number of fused-ring (bicyclic) bond motifs is 2. The van der Waals surface area contributed by atoms with E-state index in [2.05, 4.69) is 20.5 Å². The first kappa shape index (κ1) is 22.0. The molecule has 10 heteroatoms. The quantitative estimate of drug-likeness (QED) is 0.446. The summed E-state index contributed by atoms with van der Waals surface area (Å²) in [7, 11) is 0. The molecule has 0 radical (unpaired) electrons. The van der Waals surface area contributed by atoms with Crippen LogP contribution in [-0.4, -0.2) is 61.4 Å². The van der Waals surface area contributed by atoms with Gasteiger partial charge in [0.15, 0.2) is 23.0 Å². The number of amides is 1. The van der Waals surface area contributed by atoms with Crippen molar-refractivity contribution in [3.05, 3.63) is 54.0 Å². The van der Waals surface area contributed by atoms with Crippen LogP contribution in [0.3, 0.4) is 0 Å². The van der Waals surface area contributed by atoms with Gasteiger partial charge in [-0.25, -0.2) is 14.2 Å². The summed E-state index contributed by atoms with van der Waals surface area (Å²) in [6.07, 6.45) is 1.69. The number of nitrogens with one attached hydrogen (secondary N) is 1. The summed E-state index contributed by atoms with van der Waals surface area (Å²) in [5.41, 5.74) is 2.58.